The summed E-state index contributed by atoms with van der Waals surface area (Å²) in [5.74, 6) is 0. The zero-order chi connectivity index (χ0) is 8.83. The highest BCUT2D eigenvalue weighted by atomic mass is 14.8. The van der Waals surface area contributed by atoms with Gasteiger partial charge in [0.2, 0.25) is 0 Å². The van der Waals surface area contributed by atoms with Crippen molar-refractivity contribution < 1.29 is 0 Å². The molecule has 0 aliphatic rings. The smallest absolute Gasteiger partial charge is 0.00775 e. The van der Waals surface area contributed by atoms with E-state index in [1.165, 1.54) is 7.05 Å². The van der Waals surface area contributed by atoms with Crippen molar-refractivity contribution in [3.63, 3.8) is 0 Å². The summed E-state index contributed by atoms with van der Waals surface area (Å²) in [4.78, 5) is 0. The molecule has 0 atom stereocenters. The topological polar surface area (TPSA) is 64.1 Å². The third-order valence-electron chi connectivity index (χ3n) is 0.500. The second-order valence-corrected chi connectivity index (χ2v) is 1.37. The van der Waals surface area contributed by atoms with Gasteiger partial charge >= 0.3 is 0 Å². The van der Waals surface area contributed by atoms with Crippen molar-refractivity contribution in [1.29, 1.82) is 0 Å². The van der Waals surface area contributed by atoms with Crippen molar-refractivity contribution in [1.82, 2.24) is 5.32 Å². The maximum absolute atomic E-state index is 4.85. The van der Waals surface area contributed by atoms with Gasteiger partial charge in [-0.3, -0.25) is 0 Å². The molecule has 0 unspecified atom stereocenters. The van der Waals surface area contributed by atoms with Crippen molar-refractivity contribution in [2.45, 2.75) is 20.8 Å². The van der Waals surface area contributed by atoms with Crippen molar-refractivity contribution in [3.8, 4) is 0 Å². The minimum atomic E-state index is 0.750. The summed E-state index contributed by atoms with van der Waals surface area (Å²) in [6.07, 6.45) is 0. The number of nitrogens with one attached hydrogen (secondary N) is 1. The standard InChI is InChI=1S/C4H11N.C2H7N.CH5N/c1-3-5-4-2;1-2-3;1-2/h5H,3-4H2,1-2H3;2-3H2,1H3;2H2,1H3. The van der Waals surface area contributed by atoms with Crippen LogP contribution in [0.3, 0.4) is 0 Å². The Bertz CT molecular complexity index is 22.8. The molecule has 0 rings (SSSR count). The monoisotopic (exact) mass is 149 g/mol. The Morgan fingerprint density at radius 2 is 1.20 bits per heavy atom. The van der Waals surface area contributed by atoms with Gasteiger partial charge in [0.25, 0.3) is 0 Å². The van der Waals surface area contributed by atoms with Gasteiger partial charge in [-0.2, -0.15) is 0 Å². The molecule has 0 aliphatic heterocycles. The van der Waals surface area contributed by atoms with Crippen LogP contribution in [0, 0.1) is 0 Å². The zero-order valence-electron chi connectivity index (χ0n) is 7.78. The van der Waals surface area contributed by atoms with E-state index in [1.54, 1.807) is 0 Å². The molecule has 10 heavy (non-hydrogen) atoms. The minimum Gasteiger partial charge on any atom is -0.333 e. The van der Waals surface area contributed by atoms with Gasteiger partial charge in [-0.05, 0) is 26.7 Å². The molecule has 0 radical (unpaired) electrons. The van der Waals surface area contributed by atoms with Crippen molar-refractivity contribution >= 4 is 0 Å². The highest BCUT2D eigenvalue weighted by Crippen LogP contribution is 1.47. The van der Waals surface area contributed by atoms with Crippen LogP contribution in [0.15, 0.2) is 0 Å². The lowest BCUT2D eigenvalue weighted by Gasteiger charge is -1.86. The molecule has 0 aromatic rings. The Labute approximate surface area is 65.2 Å². The van der Waals surface area contributed by atoms with Gasteiger partial charge in [-0.1, -0.05) is 20.8 Å². The number of hydrogen-bond donors (Lipinski definition) is 3. The molecule has 0 amide bonds. The second-order valence-electron chi connectivity index (χ2n) is 1.37. The van der Waals surface area contributed by atoms with Crippen LogP contribution in [0.5, 0.6) is 0 Å². The van der Waals surface area contributed by atoms with Gasteiger partial charge < -0.3 is 16.8 Å². The van der Waals surface area contributed by atoms with E-state index in [2.05, 4.69) is 24.9 Å². The first kappa shape index (κ1) is 16.5. The lowest BCUT2D eigenvalue weighted by atomic mass is 10.7. The molecule has 0 spiro atoms. The molecule has 0 saturated heterocycles. The van der Waals surface area contributed by atoms with Crippen LogP contribution in [0.25, 0.3) is 0 Å². The molecule has 0 fully saturated rings. The van der Waals surface area contributed by atoms with E-state index in [-0.39, 0.29) is 0 Å². The van der Waals surface area contributed by atoms with Crippen LogP contribution >= 0.6 is 0 Å². The summed E-state index contributed by atoms with van der Waals surface area (Å²) >= 11 is 0. The average Bonchev–Trinajstić information content (AvgIpc) is 1.96. The number of hydrogen-bond acceptors (Lipinski definition) is 3. The number of nitrogens with two attached hydrogens (primary N) is 2. The van der Waals surface area contributed by atoms with Gasteiger partial charge in [0.15, 0.2) is 0 Å². The van der Waals surface area contributed by atoms with Gasteiger partial charge in [0.1, 0.15) is 0 Å². The molecule has 66 valence electrons. The van der Waals surface area contributed by atoms with E-state index >= 15 is 0 Å². The molecule has 3 heteroatoms. The summed E-state index contributed by atoms with van der Waals surface area (Å²) in [5, 5.41) is 3.11. The Kier molecular flexibility index (Phi) is 60.3. The normalized spacial score (nSPS) is 6.60. The van der Waals surface area contributed by atoms with Gasteiger partial charge in [0.05, 0.1) is 0 Å². The molecular weight excluding hydrogens is 126 g/mol. The molecule has 0 aliphatic carbocycles. The lowest BCUT2D eigenvalue weighted by Crippen LogP contribution is -2.09. The first-order valence-corrected chi connectivity index (χ1v) is 3.81. The van der Waals surface area contributed by atoms with Crippen LogP contribution in [-0.4, -0.2) is 26.7 Å². The summed E-state index contributed by atoms with van der Waals surface area (Å²) in [5.41, 5.74) is 9.35. The van der Waals surface area contributed by atoms with Crippen molar-refractivity contribution in [2.75, 3.05) is 26.7 Å². The van der Waals surface area contributed by atoms with Crippen LogP contribution in [0.1, 0.15) is 20.8 Å². The quantitative estimate of drug-likeness (QED) is 0.524. The summed E-state index contributed by atoms with van der Waals surface area (Å²) < 4.78 is 0. The van der Waals surface area contributed by atoms with E-state index in [0.717, 1.165) is 19.6 Å². The average molecular weight is 149 g/mol. The third kappa shape index (κ3) is 106. The molecular formula is C7H23N3. The van der Waals surface area contributed by atoms with E-state index in [9.17, 15) is 0 Å². The summed E-state index contributed by atoms with van der Waals surface area (Å²) in [7, 11) is 1.50. The van der Waals surface area contributed by atoms with Crippen molar-refractivity contribution in [3.05, 3.63) is 0 Å². The molecule has 0 aromatic carbocycles. The van der Waals surface area contributed by atoms with E-state index in [0.29, 0.717) is 0 Å². The fourth-order valence-electron chi connectivity index (χ4n) is 0.250. The van der Waals surface area contributed by atoms with Crippen LogP contribution in [-0.2, 0) is 0 Å². The van der Waals surface area contributed by atoms with Gasteiger partial charge in [-0.15, -0.1) is 0 Å². The SMILES string of the molecule is CCN.CCNCC.CN. The summed E-state index contributed by atoms with van der Waals surface area (Å²) in [6.45, 7) is 9.04. The van der Waals surface area contributed by atoms with E-state index in [1.807, 2.05) is 6.92 Å². The molecule has 5 N–H and O–H groups in total. The zero-order valence-corrected chi connectivity index (χ0v) is 7.78. The maximum atomic E-state index is 4.85. The van der Waals surface area contributed by atoms with E-state index in [4.69, 9.17) is 5.73 Å². The van der Waals surface area contributed by atoms with Crippen molar-refractivity contribution in [2.24, 2.45) is 11.5 Å². The predicted octanol–water partition coefficient (Wildman–Crippen LogP) is 0.156. The third-order valence-corrected chi connectivity index (χ3v) is 0.500. The molecule has 0 bridgehead atoms. The Morgan fingerprint density at radius 1 is 1.00 bits per heavy atom. The molecule has 0 heterocycles. The second kappa shape index (κ2) is 36.6. The van der Waals surface area contributed by atoms with Crippen LogP contribution in [0.2, 0.25) is 0 Å². The first-order valence-electron chi connectivity index (χ1n) is 3.81. The number of rotatable bonds is 2. The highest BCUT2D eigenvalue weighted by Gasteiger charge is 1.62. The summed E-state index contributed by atoms with van der Waals surface area (Å²) in [6, 6.07) is 0. The molecule has 0 aromatic heterocycles. The highest BCUT2D eigenvalue weighted by molar-refractivity contribution is 4.27. The van der Waals surface area contributed by atoms with Crippen LogP contribution < -0.4 is 16.8 Å². The minimum absolute atomic E-state index is 0.750. The Morgan fingerprint density at radius 3 is 1.20 bits per heavy atom. The fourth-order valence-corrected chi connectivity index (χ4v) is 0.250. The van der Waals surface area contributed by atoms with Crippen LogP contribution in [0.4, 0.5) is 0 Å². The van der Waals surface area contributed by atoms with E-state index < -0.39 is 0 Å². The predicted molar refractivity (Wildman–Crippen MR) is 49.1 cm³/mol. The fraction of sp³-hybridized carbons (Fsp3) is 1.00. The lowest BCUT2D eigenvalue weighted by molar-refractivity contribution is 0.762. The molecule has 0 saturated carbocycles. The largest absolute Gasteiger partial charge is 0.333 e. The van der Waals surface area contributed by atoms with Gasteiger partial charge in [-0.25, -0.2) is 0 Å². The Hall–Kier alpha value is -0.120. The maximum Gasteiger partial charge on any atom is -0.00775 e. The molecule has 3 nitrogen and oxygen atoms in total. The Balaban J connectivity index is -0.0000000847. The first-order chi connectivity index (χ1) is 4.83. The van der Waals surface area contributed by atoms with Gasteiger partial charge in [0, 0.05) is 0 Å².